The van der Waals surface area contributed by atoms with E-state index in [0.717, 1.165) is 58.4 Å². The van der Waals surface area contributed by atoms with Crippen molar-refractivity contribution in [2.75, 3.05) is 32.7 Å². The second-order valence-electron chi connectivity index (χ2n) is 8.25. The van der Waals surface area contributed by atoms with Gasteiger partial charge in [-0.2, -0.15) is 0 Å². The summed E-state index contributed by atoms with van der Waals surface area (Å²) in [6, 6.07) is 10.2. The molecule has 1 aromatic carbocycles. The monoisotopic (exact) mass is 369 g/mol. The molecule has 0 N–H and O–H groups in total. The third-order valence-corrected chi connectivity index (χ3v) is 6.47. The number of hydrogen-bond acceptors (Lipinski definition) is 3. The van der Waals surface area contributed by atoms with Gasteiger partial charge >= 0.3 is 0 Å². The lowest BCUT2D eigenvalue weighted by Gasteiger charge is -2.27. The van der Waals surface area contributed by atoms with Crippen molar-refractivity contribution >= 4 is 11.8 Å². The fraction of sp³-hybridized carbons (Fsp3) is 0.636. The number of carbonyl (C=O) groups excluding carboxylic acids is 2. The van der Waals surface area contributed by atoms with Gasteiger partial charge in [0.2, 0.25) is 11.8 Å². The minimum atomic E-state index is -0.00440. The molecule has 146 valence electrons. The maximum Gasteiger partial charge on any atom is 0.240 e. The Labute approximate surface area is 162 Å². The largest absolute Gasteiger partial charge is 0.341 e. The summed E-state index contributed by atoms with van der Waals surface area (Å²) in [4.78, 5) is 32.1. The second kappa shape index (κ2) is 8.42. The lowest BCUT2D eigenvalue weighted by molar-refractivity contribution is -0.135. The van der Waals surface area contributed by atoms with Crippen LogP contribution in [0.2, 0.25) is 0 Å². The summed E-state index contributed by atoms with van der Waals surface area (Å²) in [6.07, 6.45) is 6.40. The molecule has 27 heavy (non-hydrogen) atoms. The third-order valence-electron chi connectivity index (χ3n) is 6.47. The van der Waals surface area contributed by atoms with E-state index in [1.165, 1.54) is 18.4 Å². The Kier molecular flexibility index (Phi) is 5.77. The van der Waals surface area contributed by atoms with Crippen molar-refractivity contribution in [3.63, 3.8) is 0 Å². The van der Waals surface area contributed by atoms with Crippen molar-refractivity contribution in [2.45, 2.75) is 51.1 Å². The topological polar surface area (TPSA) is 43.9 Å². The Bertz CT molecular complexity index is 657. The lowest BCUT2D eigenvalue weighted by atomic mass is 10.1. The zero-order chi connectivity index (χ0) is 18.6. The highest BCUT2D eigenvalue weighted by molar-refractivity contribution is 5.84. The van der Waals surface area contributed by atoms with Crippen LogP contribution in [0.5, 0.6) is 0 Å². The standard InChI is InChI=1S/C22H31N3O2/c26-21(19-9-4-5-10-19)24-13-6-12-23(15-16-24)20-11-14-25(22(20)27)17-18-7-2-1-3-8-18/h1-3,7-8,19-20H,4-6,9-17H2/t20-/m0/s1. The summed E-state index contributed by atoms with van der Waals surface area (Å²) < 4.78 is 0. The average Bonchev–Trinajstić information content (AvgIpc) is 3.28. The maximum atomic E-state index is 12.9. The minimum absolute atomic E-state index is 0.00440. The van der Waals surface area contributed by atoms with Crippen LogP contribution in [0.15, 0.2) is 30.3 Å². The van der Waals surface area contributed by atoms with Gasteiger partial charge in [-0.05, 0) is 31.2 Å². The Balaban J connectivity index is 1.32. The van der Waals surface area contributed by atoms with Gasteiger partial charge in [0.05, 0.1) is 6.04 Å². The molecule has 0 bridgehead atoms. The molecule has 2 heterocycles. The molecule has 0 aromatic heterocycles. The fourth-order valence-corrected chi connectivity index (χ4v) is 4.92. The Morgan fingerprint density at radius 1 is 0.889 bits per heavy atom. The molecule has 3 fully saturated rings. The number of benzene rings is 1. The molecule has 1 atom stereocenters. The molecule has 1 aromatic rings. The first kappa shape index (κ1) is 18.5. The molecule has 5 nitrogen and oxygen atoms in total. The molecule has 1 aliphatic carbocycles. The number of carbonyl (C=O) groups is 2. The molecular weight excluding hydrogens is 338 g/mol. The van der Waals surface area contributed by atoms with Crippen molar-refractivity contribution in [1.29, 1.82) is 0 Å². The molecule has 2 saturated heterocycles. The van der Waals surface area contributed by atoms with Crippen LogP contribution in [0, 0.1) is 5.92 Å². The predicted molar refractivity (Wildman–Crippen MR) is 105 cm³/mol. The van der Waals surface area contributed by atoms with Crippen molar-refractivity contribution < 1.29 is 9.59 Å². The van der Waals surface area contributed by atoms with Crippen molar-refractivity contribution in [3.8, 4) is 0 Å². The van der Waals surface area contributed by atoms with Crippen LogP contribution in [0.4, 0.5) is 0 Å². The average molecular weight is 370 g/mol. The van der Waals surface area contributed by atoms with E-state index < -0.39 is 0 Å². The number of hydrogen-bond donors (Lipinski definition) is 0. The van der Waals surface area contributed by atoms with Crippen molar-refractivity contribution in [2.24, 2.45) is 5.92 Å². The number of nitrogens with zero attached hydrogens (tertiary/aromatic N) is 3. The Morgan fingerprint density at radius 3 is 2.44 bits per heavy atom. The maximum absolute atomic E-state index is 12.9. The first-order valence-corrected chi connectivity index (χ1v) is 10.6. The first-order valence-electron chi connectivity index (χ1n) is 10.6. The van der Waals surface area contributed by atoms with Crippen LogP contribution in [0.25, 0.3) is 0 Å². The van der Waals surface area contributed by atoms with Crippen LogP contribution in [-0.2, 0) is 16.1 Å². The van der Waals surface area contributed by atoms with E-state index >= 15 is 0 Å². The predicted octanol–water partition coefficient (Wildman–Crippen LogP) is 2.51. The second-order valence-corrected chi connectivity index (χ2v) is 8.25. The van der Waals surface area contributed by atoms with Gasteiger partial charge in [-0.15, -0.1) is 0 Å². The van der Waals surface area contributed by atoms with E-state index in [9.17, 15) is 9.59 Å². The molecule has 4 rings (SSSR count). The van der Waals surface area contributed by atoms with E-state index in [0.29, 0.717) is 12.5 Å². The summed E-state index contributed by atoms with van der Waals surface area (Å²) in [5, 5.41) is 0. The van der Waals surface area contributed by atoms with E-state index in [4.69, 9.17) is 0 Å². The molecular formula is C22H31N3O2. The van der Waals surface area contributed by atoms with E-state index in [1.54, 1.807) is 0 Å². The molecule has 0 radical (unpaired) electrons. The van der Waals surface area contributed by atoms with Crippen LogP contribution >= 0.6 is 0 Å². The van der Waals surface area contributed by atoms with Crippen molar-refractivity contribution in [1.82, 2.24) is 14.7 Å². The smallest absolute Gasteiger partial charge is 0.240 e. The third kappa shape index (κ3) is 4.18. The summed E-state index contributed by atoms with van der Waals surface area (Å²) in [7, 11) is 0. The van der Waals surface area contributed by atoms with E-state index in [1.807, 2.05) is 23.1 Å². The zero-order valence-electron chi connectivity index (χ0n) is 16.2. The van der Waals surface area contributed by atoms with Crippen LogP contribution < -0.4 is 0 Å². The normalized spacial score (nSPS) is 25.2. The highest BCUT2D eigenvalue weighted by Crippen LogP contribution is 2.27. The van der Waals surface area contributed by atoms with Gasteiger partial charge in [0.1, 0.15) is 0 Å². The minimum Gasteiger partial charge on any atom is -0.341 e. The van der Waals surface area contributed by atoms with Gasteiger partial charge in [0, 0.05) is 45.2 Å². The van der Waals surface area contributed by atoms with Gasteiger partial charge in [0.25, 0.3) is 0 Å². The summed E-state index contributed by atoms with van der Waals surface area (Å²) in [5.41, 5.74) is 1.19. The fourth-order valence-electron chi connectivity index (χ4n) is 4.92. The Morgan fingerprint density at radius 2 is 1.67 bits per heavy atom. The summed E-state index contributed by atoms with van der Waals surface area (Å²) in [5.74, 6) is 0.873. The van der Waals surface area contributed by atoms with Crippen LogP contribution in [0.3, 0.4) is 0 Å². The molecule has 0 spiro atoms. The first-order chi connectivity index (χ1) is 13.2. The molecule has 2 aliphatic heterocycles. The molecule has 3 aliphatic rings. The number of amides is 2. The van der Waals surface area contributed by atoms with Gasteiger partial charge in [0.15, 0.2) is 0 Å². The summed E-state index contributed by atoms with van der Waals surface area (Å²) in [6.45, 7) is 4.91. The molecule has 5 heteroatoms. The summed E-state index contributed by atoms with van der Waals surface area (Å²) >= 11 is 0. The van der Waals surface area contributed by atoms with Gasteiger partial charge in [-0.1, -0.05) is 43.2 Å². The van der Waals surface area contributed by atoms with Gasteiger partial charge < -0.3 is 9.80 Å². The van der Waals surface area contributed by atoms with Crippen LogP contribution in [-0.4, -0.2) is 65.3 Å². The molecule has 1 saturated carbocycles. The lowest BCUT2D eigenvalue weighted by Crippen LogP contribution is -2.44. The van der Waals surface area contributed by atoms with E-state index in [2.05, 4.69) is 21.9 Å². The quantitative estimate of drug-likeness (QED) is 0.819. The van der Waals surface area contributed by atoms with Crippen LogP contribution in [0.1, 0.15) is 44.1 Å². The van der Waals surface area contributed by atoms with Gasteiger partial charge in [-0.25, -0.2) is 0 Å². The highest BCUT2D eigenvalue weighted by atomic mass is 16.2. The SMILES string of the molecule is O=C(C1CCCC1)N1CCCN([C@H]2CCN(Cc3ccccc3)C2=O)CC1. The Hall–Kier alpha value is -1.88. The van der Waals surface area contributed by atoms with Gasteiger partial charge in [-0.3, -0.25) is 14.5 Å². The molecule has 2 amide bonds. The highest BCUT2D eigenvalue weighted by Gasteiger charge is 2.37. The molecule has 0 unspecified atom stereocenters. The zero-order valence-corrected chi connectivity index (χ0v) is 16.2. The van der Waals surface area contributed by atoms with E-state index in [-0.39, 0.29) is 17.9 Å². The number of likely N-dealkylation sites (tertiary alicyclic amines) is 1. The number of rotatable bonds is 4. The van der Waals surface area contributed by atoms with Crippen molar-refractivity contribution in [3.05, 3.63) is 35.9 Å².